The molecule has 0 atom stereocenters. The Morgan fingerprint density at radius 2 is 1.68 bits per heavy atom. The molecule has 1 aromatic carbocycles. The number of benzene rings is 1. The maximum absolute atomic E-state index is 12.3. The van der Waals surface area contributed by atoms with E-state index in [1.165, 1.54) is 0 Å². The molecule has 0 unspecified atom stereocenters. The van der Waals surface area contributed by atoms with Crippen LogP contribution in [0.5, 0.6) is 0 Å². The van der Waals surface area contributed by atoms with E-state index in [2.05, 4.69) is 9.88 Å². The van der Waals surface area contributed by atoms with Gasteiger partial charge < -0.3 is 14.8 Å². The summed E-state index contributed by atoms with van der Waals surface area (Å²) in [6, 6.07) is 11.3. The van der Waals surface area contributed by atoms with E-state index < -0.39 is 0 Å². The summed E-state index contributed by atoms with van der Waals surface area (Å²) >= 11 is 0. The number of ketones is 1. The Balaban J connectivity index is 1.62. The molecule has 1 aliphatic heterocycles. The van der Waals surface area contributed by atoms with E-state index in [4.69, 9.17) is 0 Å². The lowest BCUT2D eigenvalue weighted by Gasteiger charge is -2.36. The molecule has 0 radical (unpaired) electrons. The number of amides is 1. The summed E-state index contributed by atoms with van der Waals surface area (Å²) in [5.74, 6) is 0.129. The SMILES string of the molecule is CC(=O)c1ccc(N2CCN(C(=O)c3ccc[nH]3)CC2)cc1. The monoisotopic (exact) mass is 297 g/mol. The van der Waals surface area contributed by atoms with Gasteiger partial charge in [-0.2, -0.15) is 0 Å². The normalized spacial score (nSPS) is 15.0. The molecule has 1 saturated heterocycles. The van der Waals surface area contributed by atoms with Crippen LogP contribution in [0.25, 0.3) is 0 Å². The van der Waals surface area contributed by atoms with Crippen molar-refractivity contribution in [1.29, 1.82) is 0 Å². The van der Waals surface area contributed by atoms with Crippen LogP contribution in [0.3, 0.4) is 0 Å². The van der Waals surface area contributed by atoms with Crippen molar-refractivity contribution >= 4 is 17.4 Å². The molecule has 2 heterocycles. The summed E-state index contributed by atoms with van der Waals surface area (Å²) in [6.45, 7) is 4.57. The van der Waals surface area contributed by atoms with E-state index >= 15 is 0 Å². The van der Waals surface area contributed by atoms with Gasteiger partial charge in [0.15, 0.2) is 5.78 Å². The first kappa shape index (κ1) is 14.4. The molecule has 5 heteroatoms. The van der Waals surface area contributed by atoms with E-state index in [0.717, 1.165) is 24.3 Å². The summed E-state index contributed by atoms with van der Waals surface area (Å²) in [5.41, 5.74) is 2.46. The van der Waals surface area contributed by atoms with Crippen molar-refractivity contribution in [3.8, 4) is 0 Å². The smallest absolute Gasteiger partial charge is 0.270 e. The van der Waals surface area contributed by atoms with Crippen molar-refractivity contribution < 1.29 is 9.59 Å². The minimum absolute atomic E-state index is 0.0524. The number of rotatable bonds is 3. The summed E-state index contributed by atoms with van der Waals surface area (Å²) in [6.07, 6.45) is 1.76. The molecule has 1 fully saturated rings. The number of hydrogen-bond acceptors (Lipinski definition) is 3. The maximum Gasteiger partial charge on any atom is 0.270 e. The second-order valence-electron chi connectivity index (χ2n) is 5.47. The number of nitrogens with zero attached hydrogens (tertiary/aromatic N) is 2. The summed E-state index contributed by atoms with van der Waals surface area (Å²) in [4.78, 5) is 30.6. The predicted octanol–water partition coefficient (Wildman–Crippen LogP) is 2.18. The maximum atomic E-state index is 12.3. The molecule has 1 aliphatic rings. The van der Waals surface area contributed by atoms with Crippen LogP contribution in [0, 0.1) is 0 Å². The van der Waals surface area contributed by atoms with Crippen molar-refractivity contribution in [3.05, 3.63) is 53.9 Å². The molecule has 0 aliphatic carbocycles. The fraction of sp³-hybridized carbons (Fsp3) is 0.294. The number of piperazine rings is 1. The molecule has 114 valence electrons. The highest BCUT2D eigenvalue weighted by molar-refractivity contribution is 5.94. The van der Waals surface area contributed by atoms with Gasteiger partial charge in [0.1, 0.15) is 5.69 Å². The number of anilines is 1. The minimum Gasteiger partial charge on any atom is -0.368 e. The molecule has 5 nitrogen and oxygen atoms in total. The standard InChI is InChI=1S/C17H19N3O2/c1-13(21)14-4-6-15(7-5-14)19-9-11-20(12-10-19)17(22)16-3-2-8-18-16/h2-8,18H,9-12H2,1H3. The minimum atomic E-state index is 0.0524. The average molecular weight is 297 g/mol. The van der Waals surface area contributed by atoms with E-state index in [0.29, 0.717) is 18.8 Å². The molecule has 1 amide bonds. The van der Waals surface area contributed by atoms with Crippen LogP contribution in [0.15, 0.2) is 42.6 Å². The highest BCUT2D eigenvalue weighted by Crippen LogP contribution is 2.18. The zero-order valence-electron chi connectivity index (χ0n) is 12.6. The summed E-state index contributed by atoms with van der Waals surface area (Å²) in [7, 11) is 0. The topological polar surface area (TPSA) is 56.4 Å². The van der Waals surface area contributed by atoms with Crippen LogP contribution >= 0.6 is 0 Å². The first-order valence-electron chi connectivity index (χ1n) is 7.44. The third-order valence-corrected chi connectivity index (χ3v) is 4.03. The van der Waals surface area contributed by atoms with E-state index in [-0.39, 0.29) is 11.7 Å². The number of carbonyl (C=O) groups excluding carboxylic acids is 2. The Morgan fingerprint density at radius 1 is 1.00 bits per heavy atom. The van der Waals surface area contributed by atoms with Crippen molar-refractivity contribution in [3.63, 3.8) is 0 Å². The van der Waals surface area contributed by atoms with Gasteiger partial charge in [0, 0.05) is 43.6 Å². The number of hydrogen-bond donors (Lipinski definition) is 1. The zero-order chi connectivity index (χ0) is 15.5. The lowest BCUT2D eigenvalue weighted by atomic mass is 10.1. The van der Waals surface area contributed by atoms with Gasteiger partial charge in [-0.3, -0.25) is 9.59 Å². The second-order valence-corrected chi connectivity index (χ2v) is 5.47. The Kier molecular flexibility index (Phi) is 3.96. The molecule has 0 bridgehead atoms. The van der Waals surface area contributed by atoms with Crippen LogP contribution < -0.4 is 4.90 Å². The first-order valence-corrected chi connectivity index (χ1v) is 7.44. The van der Waals surface area contributed by atoms with E-state index in [1.54, 1.807) is 19.2 Å². The molecule has 0 spiro atoms. The molecule has 0 saturated carbocycles. The molecule has 22 heavy (non-hydrogen) atoms. The number of carbonyl (C=O) groups is 2. The van der Waals surface area contributed by atoms with Crippen LogP contribution in [0.1, 0.15) is 27.8 Å². The van der Waals surface area contributed by atoms with Crippen LogP contribution in [0.2, 0.25) is 0 Å². The fourth-order valence-corrected chi connectivity index (χ4v) is 2.71. The largest absolute Gasteiger partial charge is 0.368 e. The molecule has 2 aromatic rings. The Bertz CT molecular complexity index is 654. The van der Waals surface area contributed by atoms with E-state index in [9.17, 15) is 9.59 Å². The van der Waals surface area contributed by atoms with Crippen LogP contribution in [-0.2, 0) is 0 Å². The quantitative estimate of drug-likeness (QED) is 0.884. The van der Waals surface area contributed by atoms with Crippen LogP contribution in [-0.4, -0.2) is 47.8 Å². The van der Waals surface area contributed by atoms with Gasteiger partial charge in [-0.05, 0) is 43.3 Å². The summed E-state index contributed by atoms with van der Waals surface area (Å²) < 4.78 is 0. The lowest BCUT2D eigenvalue weighted by molar-refractivity contribution is 0.0741. The predicted molar refractivity (Wildman–Crippen MR) is 85.4 cm³/mol. The highest BCUT2D eigenvalue weighted by atomic mass is 16.2. The molecule has 1 aromatic heterocycles. The number of nitrogens with one attached hydrogen (secondary N) is 1. The van der Waals surface area contributed by atoms with Gasteiger partial charge in [0.2, 0.25) is 0 Å². The van der Waals surface area contributed by atoms with Gasteiger partial charge in [-0.25, -0.2) is 0 Å². The Labute approximate surface area is 129 Å². The number of H-pyrrole nitrogens is 1. The lowest BCUT2D eigenvalue weighted by Crippen LogP contribution is -2.48. The molecular weight excluding hydrogens is 278 g/mol. The average Bonchev–Trinajstić information content (AvgIpc) is 3.09. The highest BCUT2D eigenvalue weighted by Gasteiger charge is 2.22. The van der Waals surface area contributed by atoms with Gasteiger partial charge >= 0.3 is 0 Å². The molecular formula is C17H19N3O2. The van der Waals surface area contributed by atoms with Gasteiger partial charge in [0.25, 0.3) is 5.91 Å². The third-order valence-electron chi connectivity index (χ3n) is 4.03. The first-order chi connectivity index (χ1) is 10.6. The Morgan fingerprint density at radius 3 is 2.23 bits per heavy atom. The van der Waals surface area contributed by atoms with Crippen molar-refractivity contribution in [2.24, 2.45) is 0 Å². The second kappa shape index (κ2) is 6.05. The number of Topliss-reactive ketones (excluding diaryl/α,β-unsaturated/α-hetero) is 1. The van der Waals surface area contributed by atoms with Gasteiger partial charge in [-0.1, -0.05) is 0 Å². The Hall–Kier alpha value is -2.56. The molecule has 3 rings (SSSR count). The van der Waals surface area contributed by atoms with Crippen LogP contribution in [0.4, 0.5) is 5.69 Å². The van der Waals surface area contributed by atoms with Crippen molar-refractivity contribution in [2.45, 2.75) is 6.92 Å². The van der Waals surface area contributed by atoms with Gasteiger partial charge in [0.05, 0.1) is 0 Å². The third kappa shape index (κ3) is 2.88. The fourth-order valence-electron chi connectivity index (χ4n) is 2.71. The van der Waals surface area contributed by atoms with Crippen molar-refractivity contribution in [1.82, 2.24) is 9.88 Å². The number of aromatic nitrogens is 1. The van der Waals surface area contributed by atoms with Gasteiger partial charge in [-0.15, -0.1) is 0 Å². The number of aromatic amines is 1. The van der Waals surface area contributed by atoms with Crippen molar-refractivity contribution in [2.75, 3.05) is 31.1 Å². The van der Waals surface area contributed by atoms with E-state index in [1.807, 2.05) is 35.2 Å². The summed E-state index contributed by atoms with van der Waals surface area (Å²) in [5, 5.41) is 0. The zero-order valence-corrected chi connectivity index (χ0v) is 12.6. The molecule has 1 N–H and O–H groups in total.